The summed E-state index contributed by atoms with van der Waals surface area (Å²) in [6.45, 7) is 8.35. The van der Waals surface area contributed by atoms with Crippen LogP contribution in [-0.4, -0.2) is 34.8 Å². The summed E-state index contributed by atoms with van der Waals surface area (Å²) in [6.07, 6.45) is 0. The van der Waals surface area contributed by atoms with Crippen molar-refractivity contribution in [3.8, 4) is 10.6 Å². The normalized spacial score (nSPS) is 11.0. The van der Waals surface area contributed by atoms with E-state index < -0.39 is 11.8 Å². The molecule has 3 rings (SSSR count). The van der Waals surface area contributed by atoms with Gasteiger partial charge in [-0.2, -0.15) is 11.3 Å². The van der Waals surface area contributed by atoms with Crippen molar-refractivity contribution in [2.24, 2.45) is 0 Å². The maximum absolute atomic E-state index is 12.4. The van der Waals surface area contributed by atoms with Gasteiger partial charge in [-0.1, -0.05) is 13.8 Å². The fourth-order valence-electron chi connectivity index (χ4n) is 2.60. The van der Waals surface area contributed by atoms with Gasteiger partial charge in [0.2, 0.25) is 0 Å². The van der Waals surface area contributed by atoms with Crippen molar-refractivity contribution in [2.45, 2.75) is 27.3 Å². The Balaban J connectivity index is 1.59. The van der Waals surface area contributed by atoms with Gasteiger partial charge in [0.1, 0.15) is 15.6 Å². The van der Waals surface area contributed by atoms with Gasteiger partial charge in [0.25, 0.3) is 5.91 Å². The van der Waals surface area contributed by atoms with Crippen LogP contribution in [-0.2, 0) is 6.54 Å². The number of hydrogen-bond acceptors (Lipinski definition) is 7. The molecule has 3 aromatic rings. The number of carbonyl (C=O) groups is 2. The number of thiazole rings is 1. The van der Waals surface area contributed by atoms with Crippen LogP contribution in [0.1, 0.15) is 45.5 Å². The summed E-state index contributed by atoms with van der Waals surface area (Å²) in [5.41, 5.74) is 6.44. The molecule has 0 unspecified atom stereocenters. The maximum Gasteiger partial charge on any atom is 0.305 e. The van der Waals surface area contributed by atoms with Crippen molar-refractivity contribution in [2.75, 3.05) is 13.1 Å². The van der Waals surface area contributed by atoms with Gasteiger partial charge in [0.15, 0.2) is 5.76 Å². The lowest BCUT2D eigenvalue weighted by atomic mass is 10.3. The highest BCUT2D eigenvalue weighted by Gasteiger charge is 2.18. The fourth-order valence-corrected chi connectivity index (χ4v) is 4.27. The number of carbonyl (C=O) groups excluding carboxylic acids is 2. The lowest BCUT2D eigenvalue weighted by Gasteiger charge is -2.15. The monoisotopic (exact) mass is 418 g/mol. The SMILES string of the molecule is CCN(CC)Cc1ccc(C(=O)NNC(=O)c2sc(-c3ccsc3)nc2C)o1. The molecule has 0 radical (unpaired) electrons. The third-order valence-electron chi connectivity index (χ3n) is 4.22. The van der Waals surface area contributed by atoms with Crippen LogP contribution in [0.15, 0.2) is 33.4 Å². The van der Waals surface area contributed by atoms with E-state index in [-0.39, 0.29) is 5.76 Å². The Morgan fingerprint density at radius 2 is 1.89 bits per heavy atom. The molecule has 0 saturated heterocycles. The summed E-state index contributed by atoms with van der Waals surface area (Å²) in [7, 11) is 0. The molecule has 0 aromatic carbocycles. The van der Waals surface area contributed by atoms with Crippen molar-refractivity contribution in [3.63, 3.8) is 0 Å². The van der Waals surface area contributed by atoms with Crippen LogP contribution >= 0.6 is 22.7 Å². The zero-order chi connectivity index (χ0) is 20.1. The Bertz CT molecular complexity index is 942. The minimum absolute atomic E-state index is 0.155. The molecule has 148 valence electrons. The van der Waals surface area contributed by atoms with Crippen molar-refractivity contribution in [3.05, 3.63) is 51.1 Å². The molecule has 9 heteroatoms. The van der Waals surface area contributed by atoms with Crippen LogP contribution in [0.4, 0.5) is 0 Å². The quantitative estimate of drug-likeness (QED) is 0.572. The van der Waals surface area contributed by atoms with Gasteiger partial charge in [-0.3, -0.25) is 25.3 Å². The standard InChI is InChI=1S/C19H22N4O3S2/c1-4-23(5-2)10-14-6-7-15(26-14)17(24)21-22-18(25)16-12(3)20-19(28-16)13-8-9-27-11-13/h6-9,11H,4-5,10H2,1-3H3,(H,21,24)(H,22,25). The van der Waals surface area contributed by atoms with E-state index in [1.165, 1.54) is 11.3 Å². The van der Waals surface area contributed by atoms with Gasteiger partial charge in [0, 0.05) is 10.9 Å². The van der Waals surface area contributed by atoms with Gasteiger partial charge in [0.05, 0.1) is 12.2 Å². The van der Waals surface area contributed by atoms with Gasteiger partial charge in [-0.25, -0.2) is 4.98 Å². The second-order valence-corrected chi connectivity index (χ2v) is 7.86. The molecule has 2 amide bonds. The van der Waals surface area contributed by atoms with Gasteiger partial charge in [-0.15, -0.1) is 11.3 Å². The minimum atomic E-state index is -0.501. The van der Waals surface area contributed by atoms with E-state index in [9.17, 15) is 9.59 Å². The minimum Gasteiger partial charge on any atom is -0.454 e. The second-order valence-electron chi connectivity index (χ2n) is 6.08. The molecule has 3 heterocycles. The van der Waals surface area contributed by atoms with E-state index in [1.807, 2.05) is 16.8 Å². The number of nitrogens with one attached hydrogen (secondary N) is 2. The molecular formula is C19H22N4O3S2. The molecular weight excluding hydrogens is 396 g/mol. The average molecular weight is 419 g/mol. The summed E-state index contributed by atoms with van der Waals surface area (Å²) in [5, 5.41) is 4.72. The molecule has 3 aromatic heterocycles. The van der Waals surface area contributed by atoms with E-state index in [1.54, 1.807) is 30.4 Å². The van der Waals surface area contributed by atoms with Crippen molar-refractivity contribution in [1.29, 1.82) is 0 Å². The fraction of sp³-hybridized carbons (Fsp3) is 0.316. The van der Waals surface area contributed by atoms with Crippen LogP contribution < -0.4 is 10.9 Å². The Labute approximate surface area is 171 Å². The largest absolute Gasteiger partial charge is 0.454 e. The first-order valence-electron chi connectivity index (χ1n) is 8.93. The number of thiophene rings is 1. The molecule has 0 aliphatic heterocycles. The van der Waals surface area contributed by atoms with Crippen LogP contribution in [0.5, 0.6) is 0 Å². The smallest absolute Gasteiger partial charge is 0.305 e. The first-order valence-corrected chi connectivity index (χ1v) is 10.7. The molecule has 0 bridgehead atoms. The number of furan rings is 1. The molecule has 0 aliphatic rings. The highest BCUT2D eigenvalue weighted by atomic mass is 32.1. The van der Waals surface area contributed by atoms with Crippen LogP contribution in [0.3, 0.4) is 0 Å². The third kappa shape index (κ3) is 4.67. The van der Waals surface area contributed by atoms with E-state index in [0.717, 1.165) is 23.7 Å². The van der Waals surface area contributed by atoms with Gasteiger partial charge < -0.3 is 4.42 Å². The van der Waals surface area contributed by atoms with E-state index in [4.69, 9.17) is 4.42 Å². The first kappa shape index (κ1) is 20.2. The highest BCUT2D eigenvalue weighted by Crippen LogP contribution is 2.29. The van der Waals surface area contributed by atoms with Crippen molar-refractivity contribution in [1.82, 2.24) is 20.7 Å². The molecule has 0 fully saturated rings. The number of nitrogens with zero attached hydrogens (tertiary/aromatic N) is 2. The first-order chi connectivity index (χ1) is 13.5. The Morgan fingerprint density at radius 1 is 1.14 bits per heavy atom. The Kier molecular flexibility index (Phi) is 6.61. The molecule has 0 aliphatic carbocycles. The number of hydrogen-bond donors (Lipinski definition) is 2. The van der Waals surface area contributed by atoms with Gasteiger partial charge in [-0.05, 0) is 43.6 Å². The van der Waals surface area contributed by atoms with E-state index in [2.05, 4.69) is 34.6 Å². The van der Waals surface area contributed by atoms with Crippen molar-refractivity contribution < 1.29 is 14.0 Å². The Hall–Kier alpha value is -2.49. The van der Waals surface area contributed by atoms with Crippen molar-refractivity contribution >= 4 is 34.5 Å². The predicted octanol–water partition coefficient (Wildman–Crippen LogP) is 3.69. The topological polar surface area (TPSA) is 87.5 Å². The number of rotatable bonds is 7. The van der Waals surface area contributed by atoms with E-state index in [0.29, 0.717) is 22.9 Å². The zero-order valence-electron chi connectivity index (χ0n) is 15.9. The Morgan fingerprint density at radius 3 is 2.57 bits per heavy atom. The number of aryl methyl sites for hydroxylation is 1. The number of amides is 2. The summed E-state index contributed by atoms with van der Waals surface area (Å²) >= 11 is 2.87. The van der Waals surface area contributed by atoms with E-state index >= 15 is 0 Å². The predicted molar refractivity (Wildman–Crippen MR) is 110 cm³/mol. The lowest BCUT2D eigenvalue weighted by Crippen LogP contribution is -2.41. The molecule has 0 saturated carbocycles. The molecule has 0 spiro atoms. The molecule has 0 atom stereocenters. The number of aromatic nitrogens is 1. The summed E-state index contributed by atoms with van der Waals surface area (Å²) in [5.74, 6) is -0.0412. The number of hydrazine groups is 1. The lowest BCUT2D eigenvalue weighted by molar-refractivity contribution is 0.0830. The molecule has 7 nitrogen and oxygen atoms in total. The average Bonchev–Trinajstić information content (AvgIpc) is 3.44. The van der Waals surface area contributed by atoms with Crippen LogP contribution in [0.25, 0.3) is 10.6 Å². The molecule has 28 heavy (non-hydrogen) atoms. The summed E-state index contributed by atoms with van der Waals surface area (Å²) in [6, 6.07) is 5.33. The second kappa shape index (κ2) is 9.13. The summed E-state index contributed by atoms with van der Waals surface area (Å²) < 4.78 is 5.58. The van der Waals surface area contributed by atoms with Gasteiger partial charge >= 0.3 is 5.91 Å². The maximum atomic E-state index is 12.4. The third-order valence-corrected chi connectivity index (χ3v) is 6.11. The zero-order valence-corrected chi connectivity index (χ0v) is 17.6. The molecule has 2 N–H and O–H groups in total. The van der Waals surface area contributed by atoms with Crippen LogP contribution in [0, 0.1) is 6.92 Å². The van der Waals surface area contributed by atoms with Crippen LogP contribution in [0.2, 0.25) is 0 Å². The highest BCUT2D eigenvalue weighted by molar-refractivity contribution is 7.17. The summed E-state index contributed by atoms with van der Waals surface area (Å²) in [4.78, 5) is 31.8.